The molecular weight excluding hydrogens is 362 g/mol. The Morgan fingerprint density at radius 1 is 1.07 bits per heavy atom. The van der Waals surface area contributed by atoms with Crippen molar-refractivity contribution in [1.82, 2.24) is 15.1 Å². The molecule has 1 spiro atoms. The van der Waals surface area contributed by atoms with Crippen LogP contribution < -0.4 is 5.32 Å². The largest absolute Gasteiger partial charge is 0.454 e. The normalized spacial score (nSPS) is 28.7. The molecule has 0 unspecified atom stereocenters. The summed E-state index contributed by atoms with van der Waals surface area (Å²) in [5.41, 5.74) is -0.893. The summed E-state index contributed by atoms with van der Waals surface area (Å²) in [5, 5.41) is 2.81. The Kier molecular flexibility index (Phi) is 6.57. The van der Waals surface area contributed by atoms with E-state index in [2.05, 4.69) is 5.32 Å². The van der Waals surface area contributed by atoms with Crippen molar-refractivity contribution in [2.75, 3.05) is 26.2 Å². The minimum absolute atomic E-state index is 0.0346. The molecule has 3 aliphatic rings. The standard InChI is InChI=1S/C20H31N3O5/c1-15-9-5-6-10-20(15)18(26)23(19(27)21-20)13-17(25)28-14-16(24)22-11-7-3-2-4-8-12-22/h15H,2-14H2,1H3,(H,21,27)/t15-,20+/m1/s1. The van der Waals surface area contributed by atoms with Crippen molar-refractivity contribution in [2.45, 2.75) is 70.3 Å². The molecule has 2 atom stereocenters. The quantitative estimate of drug-likeness (QED) is 0.581. The summed E-state index contributed by atoms with van der Waals surface area (Å²) in [7, 11) is 0. The molecule has 28 heavy (non-hydrogen) atoms. The molecule has 3 rings (SSSR count). The highest BCUT2D eigenvalue weighted by Gasteiger charge is 2.55. The van der Waals surface area contributed by atoms with E-state index in [-0.39, 0.29) is 24.3 Å². The zero-order chi connectivity index (χ0) is 20.1. The molecule has 0 bridgehead atoms. The number of hydrogen-bond donors (Lipinski definition) is 1. The third-order valence-electron chi connectivity index (χ3n) is 6.35. The minimum atomic E-state index is -0.893. The van der Waals surface area contributed by atoms with E-state index in [9.17, 15) is 19.2 Å². The summed E-state index contributed by atoms with van der Waals surface area (Å²) in [5.74, 6) is -1.27. The van der Waals surface area contributed by atoms with E-state index in [0.717, 1.165) is 49.8 Å². The first kappa shape index (κ1) is 20.6. The first-order valence-electron chi connectivity index (χ1n) is 10.5. The van der Waals surface area contributed by atoms with Crippen molar-refractivity contribution in [2.24, 2.45) is 5.92 Å². The second-order valence-corrected chi connectivity index (χ2v) is 8.25. The molecule has 1 saturated carbocycles. The Morgan fingerprint density at radius 2 is 1.75 bits per heavy atom. The molecule has 3 fully saturated rings. The van der Waals surface area contributed by atoms with Gasteiger partial charge in [-0.25, -0.2) is 4.79 Å². The van der Waals surface area contributed by atoms with E-state index in [1.807, 2.05) is 6.92 Å². The fourth-order valence-electron chi connectivity index (χ4n) is 4.54. The van der Waals surface area contributed by atoms with Gasteiger partial charge < -0.3 is 15.0 Å². The maximum Gasteiger partial charge on any atom is 0.326 e. The van der Waals surface area contributed by atoms with Gasteiger partial charge in [-0.3, -0.25) is 19.3 Å². The summed E-state index contributed by atoms with van der Waals surface area (Å²) < 4.78 is 5.09. The average Bonchev–Trinajstić information content (AvgIpc) is 2.87. The van der Waals surface area contributed by atoms with E-state index in [1.165, 1.54) is 6.42 Å². The van der Waals surface area contributed by atoms with Gasteiger partial charge in [0, 0.05) is 13.1 Å². The van der Waals surface area contributed by atoms with E-state index < -0.39 is 24.1 Å². The molecule has 0 radical (unpaired) electrons. The number of carbonyl (C=O) groups is 4. The number of carbonyl (C=O) groups excluding carboxylic acids is 4. The molecule has 1 N–H and O–H groups in total. The number of hydrogen-bond acceptors (Lipinski definition) is 5. The van der Waals surface area contributed by atoms with Crippen LogP contribution in [0.3, 0.4) is 0 Å². The second-order valence-electron chi connectivity index (χ2n) is 8.25. The molecule has 8 nitrogen and oxygen atoms in total. The zero-order valence-corrected chi connectivity index (χ0v) is 16.7. The molecule has 2 saturated heterocycles. The number of likely N-dealkylation sites (tertiary alicyclic amines) is 1. The van der Waals surface area contributed by atoms with Crippen LogP contribution in [0.15, 0.2) is 0 Å². The maximum atomic E-state index is 12.9. The van der Waals surface area contributed by atoms with Gasteiger partial charge in [0.2, 0.25) is 0 Å². The van der Waals surface area contributed by atoms with Crippen LogP contribution in [-0.2, 0) is 19.1 Å². The van der Waals surface area contributed by atoms with Crippen molar-refractivity contribution in [3.63, 3.8) is 0 Å². The smallest absolute Gasteiger partial charge is 0.326 e. The van der Waals surface area contributed by atoms with Crippen LogP contribution >= 0.6 is 0 Å². The van der Waals surface area contributed by atoms with Crippen LogP contribution in [0.1, 0.15) is 64.7 Å². The number of amides is 4. The molecule has 156 valence electrons. The average molecular weight is 393 g/mol. The van der Waals surface area contributed by atoms with Crippen LogP contribution in [0.4, 0.5) is 4.79 Å². The summed E-state index contributed by atoms with van der Waals surface area (Å²) in [4.78, 5) is 52.3. The second kappa shape index (κ2) is 8.92. The molecule has 1 aliphatic carbocycles. The highest BCUT2D eigenvalue weighted by atomic mass is 16.5. The van der Waals surface area contributed by atoms with Crippen molar-refractivity contribution in [1.29, 1.82) is 0 Å². The van der Waals surface area contributed by atoms with Crippen molar-refractivity contribution < 1.29 is 23.9 Å². The van der Waals surface area contributed by atoms with E-state index >= 15 is 0 Å². The number of ether oxygens (including phenoxy) is 1. The Morgan fingerprint density at radius 3 is 2.43 bits per heavy atom. The first-order valence-corrected chi connectivity index (χ1v) is 10.5. The number of esters is 1. The monoisotopic (exact) mass is 393 g/mol. The van der Waals surface area contributed by atoms with Crippen LogP contribution in [-0.4, -0.2) is 65.4 Å². The van der Waals surface area contributed by atoms with Gasteiger partial charge in [-0.1, -0.05) is 39.0 Å². The Labute approximate surface area is 165 Å². The summed E-state index contributed by atoms with van der Waals surface area (Å²) in [6, 6.07) is -0.550. The van der Waals surface area contributed by atoms with Crippen LogP contribution in [0, 0.1) is 5.92 Å². The Hall–Kier alpha value is -2.12. The predicted octanol–water partition coefficient (Wildman–Crippen LogP) is 1.82. The lowest BCUT2D eigenvalue weighted by Crippen LogP contribution is -2.54. The molecular formula is C20H31N3O5. The topological polar surface area (TPSA) is 96.0 Å². The number of imide groups is 1. The van der Waals surface area contributed by atoms with Gasteiger partial charge in [-0.2, -0.15) is 0 Å². The van der Waals surface area contributed by atoms with Gasteiger partial charge in [0.1, 0.15) is 12.1 Å². The lowest BCUT2D eigenvalue weighted by atomic mass is 9.73. The third kappa shape index (κ3) is 4.31. The Balaban J connectivity index is 1.51. The molecule has 2 aliphatic heterocycles. The fraction of sp³-hybridized carbons (Fsp3) is 0.800. The highest BCUT2D eigenvalue weighted by molar-refractivity contribution is 6.09. The number of nitrogens with one attached hydrogen (secondary N) is 1. The zero-order valence-electron chi connectivity index (χ0n) is 16.7. The van der Waals surface area contributed by atoms with Crippen molar-refractivity contribution in [3.05, 3.63) is 0 Å². The fourth-order valence-corrected chi connectivity index (χ4v) is 4.54. The number of urea groups is 1. The predicted molar refractivity (Wildman–Crippen MR) is 101 cm³/mol. The highest BCUT2D eigenvalue weighted by Crippen LogP contribution is 2.38. The maximum absolute atomic E-state index is 12.9. The molecule has 2 heterocycles. The van der Waals surface area contributed by atoms with Gasteiger partial charge in [-0.05, 0) is 31.6 Å². The molecule has 8 heteroatoms. The lowest BCUT2D eigenvalue weighted by molar-refractivity contribution is -0.154. The van der Waals surface area contributed by atoms with Crippen LogP contribution in [0.25, 0.3) is 0 Å². The van der Waals surface area contributed by atoms with Gasteiger partial charge >= 0.3 is 12.0 Å². The van der Waals surface area contributed by atoms with Gasteiger partial charge in [0.15, 0.2) is 6.61 Å². The molecule has 0 aromatic heterocycles. The van der Waals surface area contributed by atoms with Gasteiger partial charge in [-0.15, -0.1) is 0 Å². The van der Waals surface area contributed by atoms with Crippen molar-refractivity contribution >= 4 is 23.8 Å². The molecule has 0 aromatic carbocycles. The Bertz CT molecular complexity index is 629. The van der Waals surface area contributed by atoms with Gasteiger partial charge in [0.25, 0.3) is 11.8 Å². The lowest BCUT2D eigenvalue weighted by Gasteiger charge is -2.36. The SMILES string of the molecule is C[C@@H]1CCCC[C@]12NC(=O)N(CC(=O)OCC(=O)N1CCCCCCC1)C2=O. The summed E-state index contributed by atoms with van der Waals surface area (Å²) in [6.45, 7) is 2.53. The number of rotatable bonds is 4. The van der Waals surface area contributed by atoms with Gasteiger partial charge in [0.05, 0.1) is 0 Å². The molecule has 0 aromatic rings. The van der Waals surface area contributed by atoms with Crippen molar-refractivity contribution in [3.8, 4) is 0 Å². The van der Waals surface area contributed by atoms with E-state index in [1.54, 1.807) is 4.90 Å². The molecule has 4 amide bonds. The minimum Gasteiger partial charge on any atom is -0.454 e. The summed E-state index contributed by atoms with van der Waals surface area (Å²) in [6.07, 6.45) is 8.71. The number of nitrogens with zero attached hydrogens (tertiary/aromatic N) is 2. The van der Waals surface area contributed by atoms with E-state index in [0.29, 0.717) is 19.5 Å². The summed E-state index contributed by atoms with van der Waals surface area (Å²) >= 11 is 0. The van der Waals surface area contributed by atoms with Crippen LogP contribution in [0.2, 0.25) is 0 Å². The first-order chi connectivity index (χ1) is 13.4. The van der Waals surface area contributed by atoms with E-state index in [4.69, 9.17) is 4.74 Å². The third-order valence-corrected chi connectivity index (χ3v) is 6.35. The van der Waals surface area contributed by atoms with Crippen LogP contribution in [0.5, 0.6) is 0 Å².